The van der Waals surface area contributed by atoms with Crippen LogP contribution in [0.2, 0.25) is 0 Å². The van der Waals surface area contributed by atoms with Crippen molar-refractivity contribution in [1.29, 1.82) is 0 Å². The van der Waals surface area contributed by atoms with E-state index in [0.717, 1.165) is 12.3 Å². The zero-order valence-corrected chi connectivity index (χ0v) is 9.78. The van der Waals surface area contributed by atoms with Crippen LogP contribution in [0.5, 0.6) is 0 Å². The third-order valence-corrected chi connectivity index (χ3v) is 3.17. The number of sulfone groups is 1. The van der Waals surface area contributed by atoms with E-state index in [-0.39, 0.29) is 4.90 Å². The Balaban J connectivity index is 3.24. The van der Waals surface area contributed by atoms with Gasteiger partial charge in [0.15, 0.2) is 9.84 Å². The van der Waals surface area contributed by atoms with Crippen molar-refractivity contribution in [2.75, 3.05) is 6.26 Å². The zero-order valence-electron chi connectivity index (χ0n) is 8.97. The van der Waals surface area contributed by atoms with Gasteiger partial charge < -0.3 is 5.11 Å². The quantitative estimate of drug-likeness (QED) is 0.814. The zero-order chi connectivity index (χ0) is 12.3. The van der Waals surface area contributed by atoms with Crippen LogP contribution in [-0.2, 0) is 14.6 Å². The molecule has 1 aromatic rings. The van der Waals surface area contributed by atoms with E-state index in [1.807, 2.05) is 0 Å². The highest BCUT2D eigenvalue weighted by Gasteiger charge is 2.08. The summed E-state index contributed by atoms with van der Waals surface area (Å²) in [6.45, 7) is 1.62. The number of carboxylic acids is 1. The largest absolute Gasteiger partial charge is 0.478 e. The van der Waals surface area contributed by atoms with E-state index in [9.17, 15) is 13.2 Å². The molecule has 0 saturated carbocycles. The summed E-state index contributed by atoms with van der Waals surface area (Å²) in [5.41, 5.74) is 1.10. The van der Waals surface area contributed by atoms with Gasteiger partial charge in [0.2, 0.25) is 0 Å². The summed E-state index contributed by atoms with van der Waals surface area (Å²) in [6.07, 6.45) is 2.16. The van der Waals surface area contributed by atoms with Crippen LogP contribution in [0.25, 0.3) is 5.57 Å². The molecule has 4 nitrogen and oxygen atoms in total. The average molecular weight is 240 g/mol. The molecule has 0 fully saturated rings. The van der Waals surface area contributed by atoms with Gasteiger partial charge >= 0.3 is 5.97 Å². The summed E-state index contributed by atoms with van der Waals surface area (Å²) in [6, 6.07) is 6.20. The van der Waals surface area contributed by atoms with Gasteiger partial charge in [0.25, 0.3) is 0 Å². The van der Waals surface area contributed by atoms with Crippen molar-refractivity contribution >= 4 is 21.4 Å². The van der Waals surface area contributed by atoms with Gasteiger partial charge in [-0.1, -0.05) is 12.1 Å². The van der Waals surface area contributed by atoms with Crippen LogP contribution >= 0.6 is 0 Å². The van der Waals surface area contributed by atoms with Crippen molar-refractivity contribution in [3.05, 3.63) is 35.9 Å². The molecule has 16 heavy (non-hydrogen) atoms. The molecule has 0 aliphatic rings. The van der Waals surface area contributed by atoms with E-state index >= 15 is 0 Å². The van der Waals surface area contributed by atoms with Crippen molar-refractivity contribution in [3.63, 3.8) is 0 Å². The fraction of sp³-hybridized carbons (Fsp3) is 0.182. The molecular formula is C11H12O4S. The molecule has 0 aromatic heterocycles. The second-order valence-corrected chi connectivity index (χ2v) is 5.48. The van der Waals surface area contributed by atoms with Gasteiger partial charge in [-0.15, -0.1) is 0 Å². The molecule has 0 atom stereocenters. The molecule has 1 aromatic carbocycles. The first-order valence-electron chi connectivity index (χ1n) is 4.52. The van der Waals surface area contributed by atoms with Gasteiger partial charge in [-0.3, -0.25) is 0 Å². The number of carboxylic acid groups (broad SMARTS) is 1. The van der Waals surface area contributed by atoms with Gasteiger partial charge in [-0.25, -0.2) is 13.2 Å². The van der Waals surface area contributed by atoms with Crippen LogP contribution < -0.4 is 0 Å². The van der Waals surface area contributed by atoms with Gasteiger partial charge in [0, 0.05) is 12.3 Å². The Bertz CT molecular complexity index is 541. The topological polar surface area (TPSA) is 71.4 Å². The van der Waals surface area contributed by atoms with Crippen LogP contribution in [0.15, 0.2) is 35.2 Å². The number of aliphatic carboxylic acids is 1. The van der Waals surface area contributed by atoms with Crippen LogP contribution in [0, 0.1) is 0 Å². The molecule has 0 radical (unpaired) electrons. The predicted octanol–water partition coefficient (Wildman–Crippen LogP) is 1.58. The lowest BCUT2D eigenvalue weighted by Crippen LogP contribution is -1.98. The van der Waals surface area contributed by atoms with Crippen LogP contribution in [0.3, 0.4) is 0 Å². The Morgan fingerprint density at radius 1 is 1.38 bits per heavy atom. The minimum Gasteiger partial charge on any atom is -0.478 e. The molecule has 0 unspecified atom stereocenters. The van der Waals surface area contributed by atoms with Crippen molar-refractivity contribution in [1.82, 2.24) is 0 Å². The van der Waals surface area contributed by atoms with Crippen molar-refractivity contribution in [2.24, 2.45) is 0 Å². The molecule has 0 aliphatic heterocycles. The van der Waals surface area contributed by atoms with Crippen LogP contribution in [0.1, 0.15) is 12.5 Å². The lowest BCUT2D eigenvalue weighted by Gasteiger charge is -2.03. The van der Waals surface area contributed by atoms with Crippen molar-refractivity contribution in [3.8, 4) is 0 Å². The van der Waals surface area contributed by atoms with E-state index in [2.05, 4.69) is 0 Å². The summed E-state index contributed by atoms with van der Waals surface area (Å²) in [5, 5.41) is 8.58. The van der Waals surface area contributed by atoms with E-state index < -0.39 is 15.8 Å². The lowest BCUT2D eigenvalue weighted by molar-refractivity contribution is -0.131. The Kier molecular flexibility index (Phi) is 3.49. The van der Waals surface area contributed by atoms with Gasteiger partial charge in [-0.2, -0.15) is 0 Å². The number of benzene rings is 1. The highest BCUT2D eigenvalue weighted by Crippen LogP contribution is 2.18. The molecule has 0 spiro atoms. The van der Waals surface area contributed by atoms with E-state index in [4.69, 9.17) is 5.11 Å². The smallest absolute Gasteiger partial charge is 0.328 e. The Morgan fingerprint density at radius 2 is 2.00 bits per heavy atom. The fourth-order valence-electron chi connectivity index (χ4n) is 1.24. The minimum atomic E-state index is -3.26. The lowest BCUT2D eigenvalue weighted by atomic mass is 10.1. The van der Waals surface area contributed by atoms with Crippen LogP contribution in [0.4, 0.5) is 0 Å². The molecular weight excluding hydrogens is 228 g/mol. The third kappa shape index (κ3) is 3.20. The molecule has 1 N–H and O–H groups in total. The van der Waals surface area contributed by atoms with E-state index in [0.29, 0.717) is 11.1 Å². The average Bonchev–Trinajstić information content (AvgIpc) is 2.15. The number of allylic oxidation sites excluding steroid dienone is 1. The number of hydrogen-bond donors (Lipinski definition) is 1. The molecule has 0 saturated heterocycles. The summed E-state index contributed by atoms with van der Waals surface area (Å²) in [5.74, 6) is -1.05. The Morgan fingerprint density at radius 3 is 2.50 bits per heavy atom. The number of carbonyl (C=O) groups is 1. The second-order valence-electron chi connectivity index (χ2n) is 3.47. The molecule has 5 heteroatoms. The Labute approximate surface area is 94.1 Å². The maximum atomic E-state index is 11.3. The van der Waals surface area contributed by atoms with Gasteiger partial charge in [-0.05, 0) is 30.2 Å². The SMILES string of the molecule is C/C(=C\C(=O)O)c1cccc(S(C)(=O)=O)c1. The fourth-order valence-corrected chi connectivity index (χ4v) is 1.91. The molecule has 0 bridgehead atoms. The van der Waals surface area contributed by atoms with Crippen molar-refractivity contribution in [2.45, 2.75) is 11.8 Å². The number of rotatable bonds is 3. The normalized spacial score (nSPS) is 12.5. The first-order chi connectivity index (χ1) is 7.30. The molecule has 86 valence electrons. The van der Waals surface area contributed by atoms with E-state index in [1.54, 1.807) is 19.1 Å². The molecule has 0 amide bonds. The summed E-state index contributed by atoms with van der Waals surface area (Å²) in [7, 11) is -3.26. The maximum Gasteiger partial charge on any atom is 0.328 e. The molecule has 1 rings (SSSR count). The Hall–Kier alpha value is -1.62. The summed E-state index contributed by atoms with van der Waals surface area (Å²) in [4.78, 5) is 10.7. The van der Waals surface area contributed by atoms with Crippen LogP contribution in [-0.4, -0.2) is 25.7 Å². The summed E-state index contributed by atoms with van der Waals surface area (Å²) < 4.78 is 22.6. The minimum absolute atomic E-state index is 0.183. The highest BCUT2D eigenvalue weighted by molar-refractivity contribution is 7.90. The summed E-state index contributed by atoms with van der Waals surface area (Å²) >= 11 is 0. The maximum absolute atomic E-state index is 11.3. The molecule has 0 aliphatic carbocycles. The molecule has 0 heterocycles. The first-order valence-corrected chi connectivity index (χ1v) is 6.41. The standard InChI is InChI=1S/C11H12O4S/c1-8(6-11(12)13)9-4-3-5-10(7-9)16(2,14)15/h3-7H,1-2H3,(H,12,13)/b8-6+. The van der Waals surface area contributed by atoms with Gasteiger partial charge in [0.05, 0.1) is 4.90 Å². The van der Waals surface area contributed by atoms with E-state index in [1.165, 1.54) is 12.1 Å². The predicted molar refractivity (Wildman–Crippen MR) is 60.8 cm³/mol. The van der Waals surface area contributed by atoms with Gasteiger partial charge in [0.1, 0.15) is 0 Å². The third-order valence-electron chi connectivity index (χ3n) is 2.06. The first kappa shape index (κ1) is 12.4. The number of hydrogen-bond acceptors (Lipinski definition) is 3. The second kappa shape index (κ2) is 4.49. The van der Waals surface area contributed by atoms with Crippen molar-refractivity contribution < 1.29 is 18.3 Å². The monoisotopic (exact) mass is 240 g/mol. The highest BCUT2D eigenvalue weighted by atomic mass is 32.2.